The van der Waals surface area contributed by atoms with E-state index in [1.807, 2.05) is 19.2 Å². The summed E-state index contributed by atoms with van der Waals surface area (Å²) in [6, 6.07) is 6.59. The van der Waals surface area contributed by atoms with Gasteiger partial charge in [0.2, 0.25) is 11.9 Å². The van der Waals surface area contributed by atoms with Crippen LogP contribution in [0.2, 0.25) is 0 Å². The van der Waals surface area contributed by atoms with Gasteiger partial charge in [0.05, 0.1) is 37.6 Å². The number of hydrogen-bond acceptors (Lipinski definition) is 9. The van der Waals surface area contributed by atoms with Crippen LogP contribution in [-0.2, 0) is 9.53 Å². The fraction of sp³-hybridized carbons (Fsp3) is 0.636. The molecule has 2 amide bonds. The van der Waals surface area contributed by atoms with Gasteiger partial charge in [-0.1, -0.05) is 12.8 Å². The number of aromatic nitrogens is 2. The normalized spacial score (nSPS) is 25.5. The Hall–Kier alpha value is -3.44. The number of rotatable bonds is 7. The number of morpholine rings is 1. The molecule has 0 unspecified atom stereocenters. The van der Waals surface area contributed by atoms with Crippen molar-refractivity contribution in [2.75, 3.05) is 62.1 Å². The standard InChI is InChI=1S/C33H45N7O4/c1-38-27-20-34-32(37-29(27)40(25-5-3-4-6-25)21-33(13-14-33)31(38)42)36-26-12-7-22(19-28(26)43-2)30(41)35-23-8-10-24(11-9-23)39-15-17-44-18-16-39/h7,12,19-20,23-25H,3-6,8-11,13-18,21H2,1-2H3,(H,35,41)(H,34,36,37). The first kappa shape index (κ1) is 29.3. The number of amides is 2. The second kappa shape index (κ2) is 12.2. The minimum atomic E-state index is -0.298. The van der Waals surface area contributed by atoms with Crippen molar-refractivity contribution in [2.45, 2.75) is 82.3 Å². The molecule has 0 atom stereocenters. The van der Waals surface area contributed by atoms with Gasteiger partial charge in [0, 0.05) is 50.4 Å². The maximum atomic E-state index is 13.4. The first-order valence-electron chi connectivity index (χ1n) is 16.4. The van der Waals surface area contributed by atoms with Gasteiger partial charge in [0.1, 0.15) is 11.4 Å². The Kier molecular flexibility index (Phi) is 8.09. The third kappa shape index (κ3) is 5.72. The van der Waals surface area contributed by atoms with Crippen molar-refractivity contribution in [3.8, 4) is 5.75 Å². The molecule has 5 aliphatic rings. The number of carbonyl (C=O) groups is 2. The summed E-state index contributed by atoms with van der Waals surface area (Å²) in [5.41, 5.74) is 1.70. The van der Waals surface area contributed by atoms with Crippen LogP contribution in [0.25, 0.3) is 0 Å². The number of hydrogen-bond donors (Lipinski definition) is 2. The average molecular weight is 604 g/mol. The van der Waals surface area contributed by atoms with E-state index in [0.29, 0.717) is 41.6 Å². The molecule has 7 rings (SSSR count). The summed E-state index contributed by atoms with van der Waals surface area (Å²) in [5, 5.41) is 6.58. The Morgan fingerprint density at radius 2 is 1.80 bits per heavy atom. The van der Waals surface area contributed by atoms with E-state index in [4.69, 9.17) is 14.5 Å². The Balaban J connectivity index is 1.05. The molecule has 2 aliphatic heterocycles. The van der Waals surface area contributed by atoms with Crippen LogP contribution in [0, 0.1) is 5.41 Å². The van der Waals surface area contributed by atoms with E-state index in [-0.39, 0.29) is 23.3 Å². The fourth-order valence-corrected chi connectivity index (χ4v) is 7.70. The zero-order chi connectivity index (χ0) is 30.3. The van der Waals surface area contributed by atoms with Crippen LogP contribution in [-0.4, -0.2) is 91.8 Å². The highest BCUT2D eigenvalue weighted by molar-refractivity contribution is 6.03. The summed E-state index contributed by atoms with van der Waals surface area (Å²) in [7, 11) is 3.45. The maximum absolute atomic E-state index is 13.4. The lowest BCUT2D eigenvalue weighted by molar-refractivity contribution is -0.122. The number of ether oxygens (including phenoxy) is 2. The number of carbonyl (C=O) groups excluding carboxylic acids is 2. The second-order valence-corrected chi connectivity index (χ2v) is 13.3. The predicted molar refractivity (Wildman–Crippen MR) is 169 cm³/mol. The first-order valence-corrected chi connectivity index (χ1v) is 16.4. The summed E-state index contributed by atoms with van der Waals surface area (Å²) < 4.78 is 11.2. The maximum Gasteiger partial charge on any atom is 0.251 e. The SMILES string of the molecule is COc1cc(C(=O)NC2CCC(N3CCOCC3)CC2)ccc1Nc1ncc2c(n1)N(C1CCCC1)CC1(CC1)C(=O)N2C. The van der Waals surface area contributed by atoms with Crippen molar-refractivity contribution in [2.24, 2.45) is 5.41 Å². The lowest BCUT2D eigenvalue weighted by Crippen LogP contribution is -2.47. The van der Waals surface area contributed by atoms with Crippen molar-refractivity contribution < 1.29 is 19.1 Å². The molecule has 11 nitrogen and oxygen atoms in total. The minimum Gasteiger partial charge on any atom is -0.495 e. The Morgan fingerprint density at radius 1 is 1.05 bits per heavy atom. The molecule has 1 spiro atoms. The molecular weight excluding hydrogens is 558 g/mol. The van der Waals surface area contributed by atoms with Crippen molar-refractivity contribution in [3.63, 3.8) is 0 Å². The highest BCUT2D eigenvalue weighted by Gasteiger charge is 2.55. The van der Waals surface area contributed by atoms with Crippen LogP contribution in [0.4, 0.5) is 23.1 Å². The Morgan fingerprint density at radius 3 is 2.50 bits per heavy atom. The van der Waals surface area contributed by atoms with Crippen molar-refractivity contribution in [1.29, 1.82) is 0 Å². The van der Waals surface area contributed by atoms with Crippen LogP contribution >= 0.6 is 0 Å². The van der Waals surface area contributed by atoms with E-state index in [2.05, 4.69) is 25.4 Å². The molecule has 0 radical (unpaired) electrons. The molecule has 1 saturated heterocycles. The van der Waals surface area contributed by atoms with Crippen LogP contribution in [0.15, 0.2) is 24.4 Å². The van der Waals surface area contributed by atoms with Gasteiger partial charge in [0.15, 0.2) is 5.82 Å². The summed E-state index contributed by atoms with van der Waals surface area (Å²) in [6.45, 7) is 4.37. The summed E-state index contributed by atoms with van der Waals surface area (Å²) >= 11 is 0. The quantitative estimate of drug-likeness (QED) is 0.483. The lowest BCUT2D eigenvalue weighted by atomic mass is 9.89. The van der Waals surface area contributed by atoms with Crippen molar-refractivity contribution >= 4 is 35.0 Å². The molecule has 3 heterocycles. The van der Waals surface area contributed by atoms with Gasteiger partial charge in [-0.25, -0.2) is 4.98 Å². The molecule has 0 bridgehead atoms. The minimum absolute atomic E-state index is 0.0835. The van der Waals surface area contributed by atoms with E-state index < -0.39 is 0 Å². The predicted octanol–water partition coefficient (Wildman–Crippen LogP) is 4.11. The molecule has 2 aromatic rings. The van der Waals surface area contributed by atoms with E-state index >= 15 is 0 Å². The summed E-state index contributed by atoms with van der Waals surface area (Å²) in [6.07, 6.45) is 12.4. The number of nitrogens with one attached hydrogen (secondary N) is 2. The van der Waals surface area contributed by atoms with E-state index in [9.17, 15) is 9.59 Å². The zero-order valence-electron chi connectivity index (χ0n) is 26.0. The number of benzene rings is 1. The lowest BCUT2D eigenvalue weighted by Gasteiger charge is -2.38. The zero-order valence-corrected chi connectivity index (χ0v) is 26.0. The van der Waals surface area contributed by atoms with Gasteiger partial charge in [0.25, 0.3) is 5.91 Å². The number of fused-ring (bicyclic) bond motifs is 1. The molecule has 1 aromatic heterocycles. The average Bonchev–Trinajstić information content (AvgIpc) is 3.67. The van der Waals surface area contributed by atoms with Crippen LogP contribution in [0.3, 0.4) is 0 Å². The van der Waals surface area contributed by atoms with Gasteiger partial charge in [-0.2, -0.15) is 4.98 Å². The Labute approximate surface area is 259 Å². The van der Waals surface area contributed by atoms with Crippen molar-refractivity contribution in [3.05, 3.63) is 30.0 Å². The molecule has 11 heteroatoms. The third-order valence-corrected chi connectivity index (χ3v) is 10.5. The molecule has 3 saturated carbocycles. The van der Waals surface area contributed by atoms with Crippen molar-refractivity contribution in [1.82, 2.24) is 20.2 Å². The van der Waals surface area contributed by atoms with Crippen LogP contribution < -0.4 is 25.2 Å². The smallest absolute Gasteiger partial charge is 0.251 e. The third-order valence-electron chi connectivity index (χ3n) is 10.5. The fourth-order valence-electron chi connectivity index (χ4n) is 7.70. The van der Waals surface area contributed by atoms with E-state index in [1.165, 1.54) is 12.8 Å². The molecule has 1 aromatic carbocycles. The first-order chi connectivity index (χ1) is 21.4. The molecule has 2 N–H and O–H groups in total. The summed E-state index contributed by atoms with van der Waals surface area (Å²) in [5.74, 6) is 1.88. The highest BCUT2D eigenvalue weighted by atomic mass is 16.5. The number of nitrogens with zero attached hydrogens (tertiary/aromatic N) is 5. The Bertz CT molecular complexity index is 1380. The monoisotopic (exact) mass is 603 g/mol. The number of anilines is 4. The second-order valence-electron chi connectivity index (χ2n) is 13.3. The molecule has 3 aliphatic carbocycles. The largest absolute Gasteiger partial charge is 0.495 e. The topological polar surface area (TPSA) is 112 Å². The van der Waals surface area contributed by atoms with Gasteiger partial charge in [-0.15, -0.1) is 0 Å². The van der Waals surface area contributed by atoms with Crippen LogP contribution in [0.5, 0.6) is 5.75 Å². The molecule has 236 valence electrons. The van der Waals surface area contributed by atoms with E-state index in [0.717, 1.165) is 89.2 Å². The molecule has 4 fully saturated rings. The van der Waals surface area contributed by atoms with Gasteiger partial charge < -0.3 is 29.9 Å². The van der Waals surface area contributed by atoms with Crippen LogP contribution in [0.1, 0.15) is 74.6 Å². The van der Waals surface area contributed by atoms with Gasteiger partial charge >= 0.3 is 0 Å². The number of methoxy groups -OCH3 is 1. The summed E-state index contributed by atoms with van der Waals surface area (Å²) in [4.78, 5) is 42.9. The molecular formula is C33H45N7O4. The van der Waals surface area contributed by atoms with E-state index in [1.54, 1.807) is 24.3 Å². The molecule has 44 heavy (non-hydrogen) atoms. The highest BCUT2D eigenvalue weighted by Crippen LogP contribution is 2.52. The van der Waals surface area contributed by atoms with Gasteiger partial charge in [-0.05, 0) is 69.6 Å². The van der Waals surface area contributed by atoms with Gasteiger partial charge in [-0.3, -0.25) is 14.5 Å².